The molecule has 0 aromatic heterocycles. The Bertz CT molecular complexity index is 872. The summed E-state index contributed by atoms with van der Waals surface area (Å²) in [6.45, 7) is 10.1. The molecule has 0 fully saturated rings. The Morgan fingerprint density at radius 1 is 1.29 bits per heavy atom. The first kappa shape index (κ1) is 19.9. The molecule has 0 unspecified atom stereocenters. The van der Waals surface area contributed by atoms with Crippen LogP contribution in [-0.4, -0.2) is 31.3 Å². The number of hydrazone groups is 1. The smallest absolute Gasteiger partial charge is 0.271 e. The molecule has 1 heterocycles. The number of carbonyl (C=O) groups excluding carboxylic acids is 1. The molecule has 3 rings (SSSR count). The van der Waals surface area contributed by atoms with E-state index in [0.717, 1.165) is 18.5 Å². The van der Waals surface area contributed by atoms with Gasteiger partial charge in [-0.1, -0.05) is 13.0 Å². The Morgan fingerprint density at radius 2 is 2.00 bits per heavy atom. The lowest BCUT2D eigenvalue weighted by atomic mass is 9.79. The molecule has 0 saturated heterocycles. The van der Waals surface area contributed by atoms with Gasteiger partial charge in [0.1, 0.15) is 5.75 Å². The molecule has 2 aromatic carbocycles. The maximum Gasteiger partial charge on any atom is 0.271 e. The van der Waals surface area contributed by atoms with Crippen LogP contribution in [0.5, 0.6) is 5.75 Å². The Labute approximate surface area is 167 Å². The highest BCUT2D eigenvalue weighted by Crippen LogP contribution is 2.43. The van der Waals surface area contributed by atoms with E-state index >= 15 is 0 Å². The topological polar surface area (TPSA) is 53.9 Å². The highest BCUT2D eigenvalue weighted by molar-refractivity contribution is 5.95. The minimum Gasteiger partial charge on any atom is -0.497 e. The van der Waals surface area contributed by atoms with Gasteiger partial charge >= 0.3 is 0 Å². The van der Waals surface area contributed by atoms with E-state index in [0.29, 0.717) is 17.2 Å². The normalized spacial score (nSPS) is 18.0. The van der Waals surface area contributed by atoms with Gasteiger partial charge < -0.3 is 9.64 Å². The fourth-order valence-corrected chi connectivity index (χ4v) is 4.16. The Balaban J connectivity index is 1.73. The average Bonchev–Trinajstić information content (AvgIpc) is 2.68. The van der Waals surface area contributed by atoms with Crippen molar-refractivity contribution in [1.29, 1.82) is 0 Å². The predicted octanol–water partition coefficient (Wildman–Crippen LogP) is 4.57. The highest BCUT2D eigenvalue weighted by atomic mass is 16.5. The largest absolute Gasteiger partial charge is 0.497 e. The number of nitrogens with zero attached hydrogens (tertiary/aromatic N) is 2. The molecule has 0 aliphatic carbocycles. The van der Waals surface area contributed by atoms with Crippen molar-refractivity contribution in [2.24, 2.45) is 5.10 Å². The minimum absolute atomic E-state index is 0.156. The molecule has 1 aliphatic heterocycles. The maximum absolute atomic E-state index is 12.2. The van der Waals surface area contributed by atoms with Crippen LogP contribution in [0.3, 0.4) is 0 Å². The van der Waals surface area contributed by atoms with Crippen LogP contribution in [-0.2, 0) is 0 Å². The molecule has 5 nitrogen and oxygen atoms in total. The van der Waals surface area contributed by atoms with E-state index in [4.69, 9.17) is 4.74 Å². The molecule has 5 heteroatoms. The zero-order valence-electron chi connectivity index (χ0n) is 17.3. The molecule has 0 saturated carbocycles. The number of hydrogen-bond acceptors (Lipinski definition) is 4. The van der Waals surface area contributed by atoms with Crippen molar-refractivity contribution in [2.75, 3.05) is 18.6 Å². The molecule has 28 heavy (non-hydrogen) atoms. The summed E-state index contributed by atoms with van der Waals surface area (Å²) in [7, 11) is 1.60. The number of fused-ring (bicyclic) bond motifs is 1. The first-order valence-corrected chi connectivity index (χ1v) is 9.74. The van der Waals surface area contributed by atoms with Crippen molar-refractivity contribution in [1.82, 2.24) is 5.43 Å². The number of nitrogens with one attached hydrogen (secondary N) is 1. The Kier molecular flexibility index (Phi) is 5.73. The van der Waals surface area contributed by atoms with Gasteiger partial charge in [0.2, 0.25) is 0 Å². The maximum atomic E-state index is 12.2. The molecule has 148 valence electrons. The monoisotopic (exact) mass is 379 g/mol. The predicted molar refractivity (Wildman–Crippen MR) is 115 cm³/mol. The van der Waals surface area contributed by atoms with Crippen LogP contribution in [0.4, 0.5) is 5.69 Å². The summed E-state index contributed by atoms with van der Waals surface area (Å²) in [5, 5.41) is 4.13. The SMILES string of the molecule is CCN1c2ccc(/C=N\NC(=O)c3ccc(OC)cc3)cc2[C@@H](C)CC1(C)C. The van der Waals surface area contributed by atoms with Gasteiger partial charge in [0.15, 0.2) is 0 Å². The first-order chi connectivity index (χ1) is 13.4. The van der Waals surface area contributed by atoms with E-state index in [2.05, 4.69) is 61.3 Å². The molecule has 0 spiro atoms. The molecule has 0 radical (unpaired) electrons. The van der Waals surface area contributed by atoms with Gasteiger partial charge in [0.25, 0.3) is 5.91 Å². The summed E-state index contributed by atoms with van der Waals surface area (Å²) >= 11 is 0. The van der Waals surface area contributed by atoms with Crippen LogP contribution >= 0.6 is 0 Å². The quantitative estimate of drug-likeness (QED) is 0.611. The molecule has 1 N–H and O–H groups in total. The van der Waals surface area contributed by atoms with E-state index in [1.807, 2.05) is 0 Å². The van der Waals surface area contributed by atoms with Crippen LogP contribution < -0.4 is 15.1 Å². The van der Waals surface area contributed by atoms with Gasteiger partial charge in [-0.2, -0.15) is 5.10 Å². The summed E-state index contributed by atoms with van der Waals surface area (Å²) in [5.41, 5.74) is 6.90. The van der Waals surface area contributed by atoms with Crippen LogP contribution in [0.15, 0.2) is 47.6 Å². The number of amides is 1. The number of anilines is 1. The Hall–Kier alpha value is -2.82. The number of rotatable bonds is 5. The molecular weight excluding hydrogens is 350 g/mol. The number of ether oxygens (including phenoxy) is 1. The van der Waals surface area contributed by atoms with E-state index in [-0.39, 0.29) is 11.4 Å². The van der Waals surface area contributed by atoms with Crippen molar-refractivity contribution in [3.63, 3.8) is 0 Å². The molecule has 1 aliphatic rings. The van der Waals surface area contributed by atoms with Crippen molar-refractivity contribution in [3.05, 3.63) is 59.2 Å². The fraction of sp³-hybridized carbons (Fsp3) is 0.391. The van der Waals surface area contributed by atoms with Gasteiger partial charge in [-0.15, -0.1) is 0 Å². The number of hydrogen-bond donors (Lipinski definition) is 1. The van der Waals surface area contributed by atoms with Gasteiger partial charge in [-0.25, -0.2) is 5.43 Å². The average molecular weight is 380 g/mol. The van der Waals surface area contributed by atoms with E-state index in [9.17, 15) is 4.79 Å². The summed E-state index contributed by atoms with van der Waals surface area (Å²) in [5.74, 6) is 0.951. The number of benzene rings is 2. The van der Waals surface area contributed by atoms with Crippen LogP contribution in [0, 0.1) is 0 Å². The summed E-state index contributed by atoms with van der Waals surface area (Å²) in [6, 6.07) is 13.3. The molecular formula is C23H29N3O2. The zero-order valence-corrected chi connectivity index (χ0v) is 17.3. The molecule has 2 aromatic rings. The van der Waals surface area contributed by atoms with E-state index in [1.165, 1.54) is 11.3 Å². The first-order valence-electron chi connectivity index (χ1n) is 9.74. The third-order valence-electron chi connectivity index (χ3n) is 5.46. The van der Waals surface area contributed by atoms with E-state index < -0.39 is 0 Å². The van der Waals surface area contributed by atoms with Gasteiger partial charge in [0, 0.05) is 23.3 Å². The molecule has 1 amide bonds. The second-order valence-corrected chi connectivity index (χ2v) is 7.91. The van der Waals surface area contributed by atoms with Gasteiger partial charge in [-0.05, 0) is 80.6 Å². The lowest BCUT2D eigenvalue weighted by Crippen LogP contribution is -2.48. The third-order valence-corrected chi connectivity index (χ3v) is 5.46. The third kappa shape index (κ3) is 4.03. The van der Waals surface area contributed by atoms with E-state index in [1.54, 1.807) is 37.6 Å². The fourth-order valence-electron chi connectivity index (χ4n) is 4.16. The summed E-state index contributed by atoms with van der Waals surface area (Å²) < 4.78 is 5.11. The lowest BCUT2D eigenvalue weighted by Gasteiger charge is -2.47. The lowest BCUT2D eigenvalue weighted by molar-refractivity contribution is 0.0955. The van der Waals surface area contributed by atoms with Crippen molar-refractivity contribution in [2.45, 2.75) is 45.6 Å². The van der Waals surface area contributed by atoms with Crippen LogP contribution in [0.1, 0.15) is 61.5 Å². The summed E-state index contributed by atoms with van der Waals surface area (Å²) in [4.78, 5) is 14.7. The standard InChI is InChI=1S/C23H29N3O2/c1-6-26-21-12-7-17(13-20(21)16(2)14-23(26,3)4)15-24-25-22(27)18-8-10-19(28-5)11-9-18/h7-13,15-16H,6,14H2,1-5H3,(H,25,27)/b24-15-/t16-/m0/s1. The van der Waals surface area contributed by atoms with Crippen molar-refractivity contribution >= 4 is 17.8 Å². The van der Waals surface area contributed by atoms with Gasteiger partial charge in [0.05, 0.1) is 13.3 Å². The highest BCUT2D eigenvalue weighted by Gasteiger charge is 2.35. The second kappa shape index (κ2) is 8.05. The summed E-state index contributed by atoms with van der Waals surface area (Å²) in [6.07, 6.45) is 2.81. The van der Waals surface area contributed by atoms with Gasteiger partial charge in [-0.3, -0.25) is 4.79 Å². The van der Waals surface area contributed by atoms with Crippen LogP contribution in [0.2, 0.25) is 0 Å². The van der Waals surface area contributed by atoms with Crippen LogP contribution in [0.25, 0.3) is 0 Å². The Morgan fingerprint density at radius 3 is 2.64 bits per heavy atom. The second-order valence-electron chi connectivity index (χ2n) is 7.91. The van der Waals surface area contributed by atoms with Crippen molar-refractivity contribution < 1.29 is 9.53 Å². The van der Waals surface area contributed by atoms with Crippen molar-refractivity contribution in [3.8, 4) is 5.75 Å². The minimum atomic E-state index is -0.246. The number of carbonyl (C=O) groups is 1. The number of methoxy groups -OCH3 is 1. The molecule has 1 atom stereocenters. The molecule has 0 bridgehead atoms. The zero-order chi connectivity index (χ0) is 20.3.